The summed E-state index contributed by atoms with van der Waals surface area (Å²) >= 11 is 0. The predicted molar refractivity (Wildman–Crippen MR) is 77.6 cm³/mol. The minimum atomic E-state index is 0.749. The summed E-state index contributed by atoms with van der Waals surface area (Å²) in [6, 6.07) is 0. The first-order chi connectivity index (χ1) is 8.84. The van der Waals surface area contributed by atoms with Gasteiger partial charge in [-0.3, -0.25) is 0 Å². The smallest absolute Gasteiger partial charge is 0.00125 e. The van der Waals surface area contributed by atoms with E-state index >= 15 is 0 Å². The summed E-state index contributed by atoms with van der Waals surface area (Å²) in [6.45, 7) is 5.04. The van der Waals surface area contributed by atoms with Crippen LogP contribution in [0.4, 0.5) is 0 Å². The highest BCUT2D eigenvalue weighted by atomic mass is 14.9. The Morgan fingerprint density at radius 3 is 2.67 bits per heavy atom. The van der Waals surface area contributed by atoms with Gasteiger partial charge < -0.3 is 5.32 Å². The molecule has 0 aromatic carbocycles. The van der Waals surface area contributed by atoms with E-state index in [1.165, 1.54) is 64.5 Å². The van der Waals surface area contributed by atoms with Gasteiger partial charge in [0.05, 0.1) is 0 Å². The van der Waals surface area contributed by atoms with Gasteiger partial charge in [-0.1, -0.05) is 51.9 Å². The molecule has 3 atom stereocenters. The van der Waals surface area contributed by atoms with Crippen molar-refractivity contribution in [3.8, 4) is 0 Å². The summed E-state index contributed by atoms with van der Waals surface area (Å²) in [5, 5.41) is 3.72. The monoisotopic (exact) mass is 249 g/mol. The first-order valence-corrected chi connectivity index (χ1v) is 8.55. The average Bonchev–Trinajstić information content (AvgIpc) is 2.93. The number of piperidine rings is 1. The first-order valence-electron chi connectivity index (χ1n) is 8.55. The Bertz CT molecular complexity index is 265. The Balaban J connectivity index is 1.76. The van der Waals surface area contributed by atoms with Crippen molar-refractivity contribution in [2.45, 2.75) is 71.1 Å². The van der Waals surface area contributed by atoms with Crippen LogP contribution in [-0.2, 0) is 0 Å². The highest BCUT2D eigenvalue weighted by Gasteiger charge is 2.46. The van der Waals surface area contributed by atoms with Crippen molar-refractivity contribution in [2.24, 2.45) is 23.2 Å². The lowest BCUT2D eigenvalue weighted by molar-refractivity contribution is 0.00102. The van der Waals surface area contributed by atoms with Crippen LogP contribution in [0.2, 0.25) is 0 Å². The fourth-order valence-corrected chi connectivity index (χ4v) is 5.46. The Kier molecular flexibility index (Phi) is 3.98. The molecule has 3 unspecified atom stereocenters. The molecular weight excluding hydrogens is 218 g/mol. The summed E-state index contributed by atoms with van der Waals surface area (Å²) in [7, 11) is 0. The third-order valence-electron chi connectivity index (χ3n) is 6.48. The van der Waals surface area contributed by atoms with Gasteiger partial charge in [-0.2, -0.15) is 0 Å². The molecule has 1 saturated heterocycles. The van der Waals surface area contributed by atoms with Crippen LogP contribution in [0.1, 0.15) is 71.1 Å². The molecule has 1 aliphatic heterocycles. The van der Waals surface area contributed by atoms with Crippen LogP contribution in [0, 0.1) is 23.2 Å². The van der Waals surface area contributed by atoms with Crippen molar-refractivity contribution < 1.29 is 0 Å². The summed E-state index contributed by atoms with van der Waals surface area (Å²) < 4.78 is 0. The first kappa shape index (κ1) is 13.0. The molecule has 18 heavy (non-hydrogen) atoms. The zero-order valence-electron chi connectivity index (χ0n) is 12.2. The highest BCUT2D eigenvalue weighted by Crippen LogP contribution is 2.53. The lowest BCUT2D eigenvalue weighted by Gasteiger charge is -2.51. The number of rotatable bonds is 2. The van der Waals surface area contributed by atoms with E-state index in [9.17, 15) is 0 Å². The Morgan fingerprint density at radius 2 is 1.89 bits per heavy atom. The Morgan fingerprint density at radius 1 is 1.06 bits per heavy atom. The summed E-state index contributed by atoms with van der Waals surface area (Å²) in [5.74, 6) is 3.12. The summed E-state index contributed by atoms with van der Waals surface area (Å²) in [5.41, 5.74) is 0.749. The predicted octanol–water partition coefficient (Wildman–Crippen LogP) is 4.37. The van der Waals surface area contributed by atoms with Gasteiger partial charge in [0.2, 0.25) is 0 Å². The Labute approximate surface area is 113 Å². The SMILES string of the molecule is CCC1CCCC2(CCNCC2C2CCCC2)C1. The van der Waals surface area contributed by atoms with Crippen LogP contribution < -0.4 is 5.32 Å². The van der Waals surface area contributed by atoms with Gasteiger partial charge in [-0.25, -0.2) is 0 Å². The topological polar surface area (TPSA) is 12.0 Å². The van der Waals surface area contributed by atoms with Crippen molar-refractivity contribution >= 4 is 0 Å². The number of nitrogens with one attached hydrogen (secondary N) is 1. The minimum Gasteiger partial charge on any atom is -0.316 e. The van der Waals surface area contributed by atoms with Gasteiger partial charge >= 0.3 is 0 Å². The molecule has 3 fully saturated rings. The third-order valence-corrected chi connectivity index (χ3v) is 6.48. The molecule has 1 N–H and O–H groups in total. The van der Waals surface area contributed by atoms with E-state index in [1.807, 2.05) is 0 Å². The van der Waals surface area contributed by atoms with E-state index < -0.39 is 0 Å². The van der Waals surface area contributed by atoms with Crippen LogP contribution in [-0.4, -0.2) is 13.1 Å². The average molecular weight is 249 g/mol. The molecule has 0 aromatic rings. The van der Waals surface area contributed by atoms with Crippen molar-refractivity contribution in [3.05, 3.63) is 0 Å². The molecule has 1 heterocycles. The number of hydrogen-bond acceptors (Lipinski definition) is 1. The lowest BCUT2D eigenvalue weighted by atomic mass is 9.56. The van der Waals surface area contributed by atoms with E-state index in [4.69, 9.17) is 0 Å². The van der Waals surface area contributed by atoms with E-state index in [1.54, 1.807) is 12.8 Å². The maximum absolute atomic E-state index is 3.72. The van der Waals surface area contributed by atoms with E-state index in [0.29, 0.717) is 0 Å². The number of hydrogen-bond donors (Lipinski definition) is 1. The summed E-state index contributed by atoms with van der Waals surface area (Å²) in [6.07, 6.45) is 15.1. The molecule has 2 saturated carbocycles. The molecular formula is C17H31N. The van der Waals surface area contributed by atoms with Crippen LogP contribution >= 0.6 is 0 Å². The lowest BCUT2D eigenvalue weighted by Crippen LogP contribution is -2.50. The van der Waals surface area contributed by atoms with Gasteiger partial charge in [0.25, 0.3) is 0 Å². The molecule has 104 valence electrons. The molecule has 0 radical (unpaired) electrons. The maximum atomic E-state index is 3.72. The minimum absolute atomic E-state index is 0.749. The molecule has 0 amide bonds. The second-order valence-corrected chi connectivity index (χ2v) is 7.34. The van der Waals surface area contributed by atoms with Crippen molar-refractivity contribution in [1.82, 2.24) is 5.32 Å². The fourth-order valence-electron chi connectivity index (χ4n) is 5.46. The van der Waals surface area contributed by atoms with E-state index in [2.05, 4.69) is 12.2 Å². The normalized spacial score (nSPS) is 42.5. The Hall–Kier alpha value is -0.0400. The largest absolute Gasteiger partial charge is 0.316 e. The molecule has 3 aliphatic rings. The van der Waals surface area contributed by atoms with Gasteiger partial charge in [-0.15, -0.1) is 0 Å². The summed E-state index contributed by atoms with van der Waals surface area (Å²) in [4.78, 5) is 0. The van der Waals surface area contributed by atoms with Gasteiger partial charge in [0.1, 0.15) is 0 Å². The van der Waals surface area contributed by atoms with Crippen LogP contribution in [0.3, 0.4) is 0 Å². The molecule has 1 heteroatoms. The van der Waals surface area contributed by atoms with Crippen molar-refractivity contribution in [2.75, 3.05) is 13.1 Å². The third kappa shape index (κ3) is 2.35. The molecule has 0 aromatic heterocycles. The van der Waals surface area contributed by atoms with Crippen LogP contribution in [0.15, 0.2) is 0 Å². The van der Waals surface area contributed by atoms with Crippen molar-refractivity contribution in [1.29, 1.82) is 0 Å². The van der Waals surface area contributed by atoms with Crippen LogP contribution in [0.25, 0.3) is 0 Å². The molecule has 0 bridgehead atoms. The van der Waals surface area contributed by atoms with Crippen LogP contribution in [0.5, 0.6) is 0 Å². The van der Waals surface area contributed by atoms with E-state index in [0.717, 1.165) is 23.2 Å². The molecule has 3 rings (SSSR count). The van der Waals surface area contributed by atoms with E-state index in [-0.39, 0.29) is 0 Å². The van der Waals surface area contributed by atoms with Gasteiger partial charge in [-0.05, 0) is 55.5 Å². The maximum Gasteiger partial charge on any atom is -0.00125 e. The zero-order chi connectivity index (χ0) is 12.4. The van der Waals surface area contributed by atoms with Gasteiger partial charge in [0.15, 0.2) is 0 Å². The molecule has 1 nitrogen and oxygen atoms in total. The highest BCUT2D eigenvalue weighted by molar-refractivity contribution is 4.98. The second kappa shape index (κ2) is 5.53. The second-order valence-electron chi connectivity index (χ2n) is 7.34. The van der Waals surface area contributed by atoms with Crippen molar-refractivity contribution in [3.63, 3.8) is 0 Å². The fraction of sp³-hybridized carbons (Fsp3) is 1.00. The quantitative estimate of drug-likeness (QED) is 0.766. The molecule has 2 aliphatic carbocycles. The molecule has 1 spiro atoms. The zero-order valence-corrected chi connectivity index (χ0v) is 12.2. The van der Waals surface area contributed by atoms with Gasteiger partial charge in [0, 0.05) is 0 Å². The standard InChI is InChI=1S/C17H31N/c1-2-14-6-5-9-17(12-14)10-11-18-13-16(17)15-7-3-4-8-15/h14-16,18H,2-13H2,1H3.